The molecule has 1 fully saturated rings. The van der Waals surface area contributed by atoms with Gasteiger partial charge < -0.3 is 15.0 Å². The van der Waals surface area contributed by atoms with Crippen molar-refractivity contribution in [3.8, 4) is 11.8 Å². The van der Waals surface area contributed by atoms with E-state index in [0.29, 0.717) is 31.0 Å². The van der Waals surface area contributed by atoms with Crippen LogP contribution in [0.15, 0.2) is 12.4 Å². The first kappa shape index (κ1) is 15.8. The Kier molecular flexibility index (Phi) is 4.49. The number of ether oxygens (including phenoxy) is 1. The second-order valence-electron chi connectivity index (χ2n) is 6.25. The zero-order chi connectivity index (χ0) is 16.3. The number of carbonyl (C=O) groups excluding carboxylic acids is 1. The number of aromatic nitrogens is 1. The SMILES string of the molecule is CCC1(C(=O)N2CCOc3c(C#N)cncc3C2)CCNCC1. The van der Waals surface area contributed by atoms with Crippen molar-refractivity contribution < 1.29 is 9.53 Å². The summed E-state index contributed by atoms with van der Waals surface area (Å²) in [4.78, 5) is 19.2. The molecule has 3 heterocycles. The summed E-state index contributed by atoms with van der Waals surface area (Å²) in [6.45, 7) is 5.30. The van der Waals surface area contributed by atoms with E-state index in [0.717, 1.165) is 37.9 Å². The zero-order valence-corrected chi connectivity index (χ0v) is 13.5. The lowest BCUT2D eigenvalue weighted by Gasteiger charge is -2.39. The fraction of sp³-hybridized carbons (Fsp3) is 0.588. The Bertz CT molecular complexity index is 632. The fourth-order valence-electron chi connectivity index (χ4n) is 3.53. The highest BCUT2D eigenvalue weighted by molar-refractivity contribution is 5.83. The molecule has 0 aromatic carbocycles. The van der Waals surface area contributed by atoms with E-state index < -0.39 is 0 Å². The van der Waals surface area contributed by atoms with Crippen molar-refractivity contribution in [2.75, 3.05) is 26.2 Å². The molecule has 1 amide bonds. The summed E-state index contributed by atoms with van der Waals surface area (Å²) >= 11 is 0. The quantitative estimate of drug-likeness (QED) is 0.894. The molecule has 0 aliphatic carbocycles. The van der Waals surface area contributed by atoms with Crippen LogP contribution in [0.25, 0.3) is 0 Å². The molecule has 1 aromatic heterocycles. The summed E-state index contributed by atoms with van der Waals surface area (Å²) in [6.07, 6.45) is 5.82. The van der Waals surface area contributed by atoms with Gasteiger partial charge in [0.25, 0.3) is 0 Å². The molecular formula is C17H22N4O2. The number of hydrogen-bond donors (Lipinski definition) is 1. The zero-order valence-electron chi connectivity index (χ0n) is 13.5. The van der Waals surface area contributed by atoms with Crippen LogP contribution in [0.4, 0.5) is 0 Å². The third-order valence-electron chi connectivity index (χ3n) is 5.04. The van der Waals surface area contributed by atoms with Gasteiger partial charge in [-0.25, -0.2) is 0 Å². The first-order chi connectivity index (χ1) is 11.2. The number of amides is 1. The molecule has 6 heteroatoms. The molecule has 0 spiro atoms. The summed E-state index contributed by atoms with van der Waals surface area (Å²) in [6, 6.07) is 2.11. The molecule has 122 valence electrons. The van der Waals surface area contributed by atoms with E-state index in [1.165, 1.54) is 6.20 Å². The number of nitrogens with zero attached hydrogens (tertiary/aromatic N) is 3. The molecule has 0 saturated carbocycles. The van der Waals surface area contributed by atoms with Crippen molar-refractivity contribution in [1.82, 2.24) is 15.2 Å². The van der Waals surface area contributed by atoms with E-state index in [1.54, 1.807) is 6.20 Å². The Morgan fingerprint density at radius 2 is 2.26 bits per heavy atom. The van der Waals surface area contributed by atoms with Crippen molar-refractivity contribution in [1.29, 1.82) is 5.26 Å². The van der Waals surface area contributed by atoms with Crippen LogP contribution in [0.1, 0.15) is 37.3 Å². The second kappa shape index (κ2) is 6.55. The van der Waals surface area contributed by atoms with Crippen LogP contribution in [0.2, 0.25) is 0 Å². The number of carbonyl (C=O) groups is 1. The second-order valence-corrected chi connectivity index (χ2v) is 6.25. The Labute approximate surface area is 136 Å². The number of pyridine rings is 1. The van der Waals surface area contributed by atoms with Crippen LogP contribution in [0.5, 0.6) is 5.75 Å². The van der Waals surface area contributed by atoms with E-state index in [4.69, 9.17) is 4.74 Å². The minimum atomic E-state index is -0.268. The van der Waals surface area contributed by atoms with Gasteiger partial charge in [-0.3, -0.25) is 9.78 Å². The minimum Gasteiger partial charge on any atom is -0.490 e. The molecule has 0 unspecified atom stereocenters. The van der Waals surface area contributed by atoms with Crippen LogP contribution < -0.4 is 10.1 Å². The van der Waals surface area contributed by atoms with Crippen LogP contribution in [-0.4, -0.2) is 42.0 Å². The number of rotatable bonds is 2. The van der Waals surface area contributed by atoms with Crippen LogP contribution >= 0.6 is 0 Å². The van der Waals surface area contributed by atoms with Gasteiger partial charge in [0.15, 0.2) is 0 Å². The standard InChI is InChI=1S/C17H22N4O2/c1-2-17(3-5-19-6-4-17)16(22)21-7-8-23-15-13(9-18)10-20-11-14(15)12-21/h10-11,19H,2-8,12H2,1H3. The van der Waals surface area contributed by atoms with Gasteiger partial charge in [0, 0.05) is 18.0 Å². The van der Waals surface area contributed by atoms with Crippen molar-refractivity contribution >= 4 is 5.91 Å². The third kappa shape index (κ3) is 2.89. The predicted molar refractivity (Wildman–Crippen MR) is 84.7 cm³/mol. The number of nitrogens with one attached hydrogen (secondary N) is 1. The van der Waals surface area contributed by atoms with Crippen molar-refractivity contribution in [3.05, 3.63) is 23.5 Å². The average Bonchev–Trinajstić information content (AvgIpc) is 2.83. The van der Waals surface area contributed by atoms with Gasteiger partial charge in [-0.1, -0.05) is 6.92 Å². The Morgan fingerprint density at radius 1 is 1.48 bits per heavy atom. The smallest absolute Gasteiger partial charge is 0.229 e. The molecule has 2 aliphatic heterocycles. The van der Waals surface area contributed by atoms with Gasteiger partial charge in [0.05, 0.1) is 18.5 Å². The van der Waals surface area contributed by atoms with E-state index in [1.807, 2.05) is 4.90 Å². The van der Waals surface area contributed by atoms with Crippen molar-refractivity contribution in [2.45, 2.75) is 32.7 Å². The summed E-state index contributed by atoms with van der Waals surface area (Å²) in [5.41, 5.74) is 0.981. The average molecular weight is 314 g/mol. The molecule has 6 nitrogen and oxygen atoms in total. The summed E-state index contributed by atoms with van der Waals surface area (Å²) < 4.78 is 5.74. The number of fused-ring (bicyclic) bond motifs is 1. The summed E-state index contributed by atoms with van der Waals surface area (Å²) in [7, 11) is 0. The molecule has 23 heavy (non-hydrogen) atoms. The van der Waals surface area contributed by atoms with Gasteiger partial charge in [-0.15, -0.1) is 0 Å². The van der Waals surface area contributed by atoms with Crippen LogP contribution in [0, 0.1) is 16.7 Å². The number of hydrogen-bond acceptors (Lipinski definition) is 5. The molecule has 2 aliphatic rings. The summed E-state index contributed by atoms with van der Waals surface area (Å²) in [5.74, 6) is 0.786. The van der Waals surface area contributed by atoms with Gasteiger partial charge >= 0.3 is 0 Å². The maximum absolute atomic E-state index is 13.2. The van der Waals surface area contributed by atoms with E-state index in [2.05, 4.69) is 23.3 Å². The Morgan fingerprint density at radius 3 is 2.96 bits per heavy atom. The topological polar surface area (TPSA) is 78.2 Å². The third-order valence-corrected chi connectivity index (χ3v) is 5.04. The molecule has 0 radical (unpaired) electrons. The lowest BCUT2D eigenvalue weighted by atomic mass is 9.75. The Hall–Kier alpha value is -2.13. The van der Waals surface area contributed by atoms with Gasteiger partial charge in [-0.2, -0.15) is 5.26 Å². The lowest BCUT2D eigenvalue weighted by molar-refractivity contribution is -0.145. The highest BCUT2D eigenvalue weighted by Gasteiger charge is 2.41. The first-order valence-electron chi connectivity index (χ1n) is 8.20. The molecule has 3 rings (SSSR count). The number of piperidine rings is 1. The highest BCUT2D eigenvalue weighted by Crippen LogP contribution is 2.36. The number of nitriles is 1. The molecule has 0 bridgehead atoms. The van der Waals surface area contributed by atoms with E-state index in [-0.39, 0.29) is 11.3 Å². The van der Waals surface area contributed by atoms with E-state index >= 15 is 0 Å². The lowest BCUT2D eigenvalue weighted by Crippen LogP contribution is -2.49. The molecule has 1 aromatic rings. The fourth-order valence-corrected chi connectivity index (χ4v) is 3.53. The predicted octanol–water partition coefficient (Wildman–Crippen LogP) is 1.45. The van der Waals surface area contributed by atoms with Crippen molar-refractivity contribution in [2.24, 2.45) is 5.41 Å². The molecule has 0 atom stereocenters. The van der Waals surface area contributed by atoms with Crippen LogP contribution in [0.3, 0.4) is 0 Å². The molecular weight excluding hydrogens is 292 g/mol. The van der Waals surface area contributed by atoms with Gasteiger partial charge in [0.2, 0.25) is 5.91 Å². The first-order valence-corrected chi connectivity index (χ1v) is 8.20. The normalized spacial score (nSPS) is 19.9. The summed E-state index contributed by atoms with van der Waals surface area (Å²) in [5, 5.41) is 12.5. The van der Waals surface area contributed by atoms with Gasteiger partial charge in [-0.05, 0) is 32.4 Å². The maximum atomic E-state index is 13.2. The maximum Gasteiger partial charge on any atom is 0.229 e. The van der Waals surface area contributed by atoms with Crippen LogP contribution in [-0.2, 0) is 11.3 Å². The monoisotopic (exact) mass is 314 g/mol. The Balaban J connectivity index is 1.86. The molecule has 1 N–H and O–H groups in total. The highest BCUT2D eigenvalue weighted by atomic mass is 16.5. The largest absolute Gasteiger partial charge is 0.490 e. The molecule has 1 saturated heterocycles. The minimum absolute atomic E-state index is 0.209. The van der Waals surface area contributed by atoms with E-state index in [9.17, 15) is 10.1 Å². The van der Waals surface area contributed by atoms with Gasteiger partial charge in [0.1, 0.15) is 24.0 Å². The van der Waals surface area contributed by atoms with Crippen molar-refractivity contribution in [3.63, 3.8) is 0 Å².